The van der Waals surface area contributed by atoms with Gasteiger partial charge in [0.1, 0.15) is 16.8 Å². The zero-order valence-corrected chi connectivity index (χ0v) is 16.8. The molecule has 2 N–H and O–H groups in total. The number of rotatable bonds is 5. The number of aromatic nitrogens is 4. The summed E-state index contributed by atoms with van der Waals surface area (Å²) in [4.78, 5) is 21.3. The normalized spacial score (nSPS) is 17.8. The van der Waals surface area contributed by atoms with Crippen LogP contribution in [0.4, 0.5) is 11.6 Å². The predicted octanol–water partition coefficient (Wildman–Crippen LogP) is 3.48. The molecule has 3 heterocycles. The van der Waals surface area contributed by atoms with Crippen molar-refractivity contribution in [3.8, 4) is 17.2 Å². The Morgan fingerprint density at radius 3 is 2.83 bits per heavy atom. The third kappa shape index (κ3) is 3.08. The Kier molecular flexibility index (Phi) is 4.23. The third-order valence-electron chi connectivity index (χ3n) is 5.39. The van der Waals surface area contributed by atoms with E-state index in [0.29, 0.717) is 51.4 Å². The summed E-state index contributed by atoms with van der Waals surface area (Å²) >= 11 is 0. The molecule has 0 unspecified atom stereocenters. The second kappa shape index (κ2) is 6.94. The van der Waals surface area contributed by atoms with E-state index in [9.17, 15) is 4.79 Å². The number of methoxy groups -OCH3 is 1. The summed E-state index contributed by atoms with van der Waals surface area (Å²) < 4.78 is 11.2. The smallest absolute Gasteiger partial charge is 0.229 e. The van der Waals surface area contributed by atoms with E-state index in [-0.39, 0.29) is 11.8 Å². The van der Waals surface area contributed by atoms with Crippen LogP contribution in [0.15, 0.2) is 34.9 Å². The standard InChI is InChI=1S/C21H20N6O3/c1-10-6-12(10)20(28)25-17-8-13-14(9-23-19(22-2)18(13)27-26-17)21-24-15-7-11(29-3)4-5-16(15)30-21/h4-5,7-10,12H,6H2,1-3H3,(H,22,23)(H,25,26,28)/t10-,12+/m1/s1. The highest BCUT2D eigenvalue weighted by Crippen LogP contribution is 2.39. The molecule has 0 radical (unpaired) electrons. The molecule has 4 aromatic rings. The van der Waals surface area contributed by atoms with E-state index in [1.165, 1.54) is 0 Å². The Hall–Kier alpha value is -3.75. The highest BCUT2D eigenvalue weighted by Gasteiger charge is 2.39. The number of hydrogen-bond donors (Lipinski definition) is 2. The fourth-order valence-corrected chi connectivity index (χ4v) is 3.50. The lowest BCUT2D eigenvalue weighted by Gasteiger charge is -2.09. The maximum absolute atomic E-state index is 12.3. The van der Waals surface area contributed by atoms with E-state index in [2.05, 4.69) is 37.7 Å². The highest BCUT2D eigenvalue weighted by molar-refractivity contribution is 6.01. The molecular weight excluding hydrogens is 384 g/mol. The topological polar surface area (TPSA) is 115 Å². The van der Waals surface area contributed by atoms with Crippen LogP contribution >= 0.6 is 0 Å². The lowest BCUT2D eigenvalue weighted by atomic mass is 10.1. The number of anilines is 2. The van der Waals surface area contributed by atoms with Crippen molar-refractivity contribution in [1.29, 1.82) is 0 Å². The van der Waals surface area contributed by atoms with Gasteiger partial charge < -0.3 is 19.8 Å². The molecule has 1 fully saturated rings. The Morgan fingerprint density at radius 2 is 2.10 bits per heavy atom. The quantitative estimate of drug-likeness (QED) is 0.519. The van der Waals surface area contributed by atoms with Crippen molar-refractivity contribution in [2.75, 3.05) is 24.8 Å². The van der Waals surface area contributed by atoms with Crippen molar-refractivity contribution in [2.24, 2.45) is 11.8 Å². The third-order valence-corrected chi connectivity index (χ3v) is 5.39. The molecule has 2 atom stereocenters. The molecule has 0 aliphatic heterocycles. The number of pyridine rings is 1. The number of benzene rings is 1. The molecule has 1 amide bonds. The van der Waals surface area contributed by atoms with Crippen LogP contribution in [0.25, 0.3) is 33.5 Å². The first kappa shape index (κ1) is 18.3. The summed E-state index contributed by atoms with van der Waals surface area (Å²) in [6.45, 7) is 2.06. The second-order valence-corrected chi connectivity index (χ2v) is 7.42. The number of hydrogen-bond acceptors (Lipinski definition) is 8. The average molecular weight is 404 g/mol. The van der Waals surface area contributed by atoms with Crippen LogP contribution < -0.4 is 15.4 Å². The molecule has 5 rings (SSSR count). The van der Waals surface area contributed by atoms with Gasteiger partial charge in [-0.3, -0.25) is 4.79 Å². The Labute approximate surface area is 171 Å². The van der Waals surface area contributed by atoms with Gasteiger partial charge in [0, 0.05) is 30.6 Å². The van der Waals surface area contributed by atoms with Crippen molar-refractivity contribution < 1.29 is 13.9 Å². The van der Waals surface area contributed by atoms with Gasteiger partial charge in [-0.25, -0.2) is 9.97 Å². The van der Waals surface area contributed by atoms with Gasteiger partial charge in [0.15, 0.2) is 17.2 Å². The summed E-state index contributed by atoms with van der Waals surface area (Å²) in [5, 5.41) is 15.1. The first-order valence-corrected chi connectivity index (χ1v) is 9.67. The molecule has 30 heavy (non-hydrogen) atoms. The Balaban J connectivity index is 1.61. The van der Waals surface area contributed by atoms with Gasteiger partial charge in [-0.05, 0) is 30.5 Å². The molecule has 3 aromatic heterocycles. The predicted molar refractivity (Wildman–Crippen MR) is 112 cm³/mol. The van der Waals surface area contributed by atoms with Crippen molar-refractivity contribution in [3.05, 3.63) is 30.5 Å². The second-order valence-electron chi connectivity index (χ2n) is 7.42. The van der Waals surface area contributed by atoms with Crippen LogP contribution in [0.2, 0.25) is 0 Å². The molecule has 1 aromatic carbocycles. The van der Waals surface area contributed by atoms with E-state index in [4.69, 9.17) is 9.15 Å². The van der Waals surface area contributed by atoms with E-state index in [0.717, 1.165) is 11.8 Å². The number of nitrogens with zero attached hydrogens (tertiary/aromatic N) is 4. The molecule has 1 saturated carbocycles. The van der Waals surface area contributed by atoms with Gasteiger partial charge in [-0.2, -0.15) is 0 Å². The summed E-state index contributed by atoms with van der Waals surface area (Å²) in [5.41, 5.74) is 2.53. The van der Waals surface area contributed by atoms with Crippen molar-refractivity contribution in [2.45, 2.75) is 13.3 Å². The molecule has 152 valence electrons. The molecule has 1 aliphatic carbocycles. The van der Waals surface area contributed by atoms with Gasteiger partial charge in [0.2, 0.25) is 11.8 Å². The molecular formula is C21H20N6O3. The lowest BCUT2D eigenvalue weighted by Crippen LogP contribution is -2.16. The number of oxazole rings is 1. The van der Waals surface area contributed by atoms with Crippen molar-refractivity contribution in [1.82, 2.24) is 20.2 Å². The van der Waals surface area contributed by atoms with Crippen LogP contribution in [0.5, 0.6) is 5.75 Å². The maximum atomic E-state index is 12.3. The zero-order valence-electron chi connectivity index (χ0n) is 16.8. The zero-order chi connectivity index (χ0) is 20.8. The fraction of sp³-hybridized carbons (Fsp3) is 0.286. The Morgan fingerprint density at radius 1 is 1.27 bits per heavy atom. The maximum Gasteiger partial charge on any atom is 0.229 e. The minimum atomic E-state index is -0.0328. The SMILES string of the molecule is CNc1ncc(-c2nc3cc(OC)ccc3o2)c2cc(NC(=O)[C@H]3C[C@H]3C)nnc12. The number of carbonyl (C=O) groups is 1. The lowest BCUT2D eigenvalue weighted by molar-refractivity contribution is -0.117. The molecule has 0 spiro atoms. The van der Waals surface area contributed by atoms with Gasteiger partial charge in [-0.1, -0.05) is 6.92 Å². The fourth-order valence-electron chi connectivity index (χ4n) is 3.50. The number of fused-ring (bicyclic) bond motifs is 2. The minimum absolute atomic E-state index is 0.0328. The van der Waals surface area contributed by atoms with Crippen LogP contribution in [0.1, 0.15) is 13.3 Å². The largest absolute Gasteiger partial charge is 0.497 e. The summed E-state index contributed by atoms with van der Waals surface area (Å²) in [5.74, 6) is 2.48. The van der Waals surface area contributed by atoms with E-state index in [1.807, 2.05) is 18.2 Å². The first-order valence-electron chi connectivity index (χ1n) is 9.67. The molecule has 0 saturated heterocycles. The van der Waals surface area contributed by atoms with Gasteiger partial charge in [0.25, 0.3) is 0 Å². The number of nitrogens with one attached hydrogen (secondary N) is 2. The van der Waals surface area contributed by atoms with Crippen LogP contribution in [-0.4, -0.2) is 40.2 Å². The number of amides is 1. The summed E-state index contributed by atoms with van der Waals surface area (Å²) in [7, 11) is 3.37. The van der Waals surface area contributed by atoms with E-state index in [1.54, 1.807) is 26.4 Å². The van der Waals surface area contributed by atoms with Crippen LogP contribution in [-0.2, 0) is 4.79 Å². The first-order chi connectivity index (χ1) is 14.6. The van der Waals surface area contributed by atoms with Gasteiger partial charge >= 0.3 is 0 Å². The van der Waals surface area contributed by atoms with Gasteiger partial charge in [0.05, 0.1) is 12.7 Å². The van der Waals surface area contributed by atoms with E-state index >= 15 is 0 Å². The Bertz CT molecular complexity index is 1280. The van der Waals surface area contributed by atoms with E-state index < -0.39 is 0 Å². The average Bonchev–Trinajstić information content (AvgIpc) is 3.35. The van der Waals surface area contributed by atoms with Crippen molar-refractivity contribution >= 4 is 39.5 Å². The van der Waals surface area contributed by atoms with Crippen molar-refractivity contribution in [3.63, 3.8) is 0 Å². The molecule has 1 aliphatic rings. The monoisotopic (exact) mass is 404 g/mol. The highest BCUT2D eigenvalue weighted by atomic mass is 16.5. The number of carbonyl (C=O) groups excluding carboxylic acids is 1. The number of ether oxygens (including phenoxy) is 1. The minimum Gasteiger partial charge on any atom is -0.497 e. The molecule has 0 bridgehead atoms. The molecule has 9 nitrogen and oxygen atoms in total. The van der Waals surface area contributed by atoms with Crippen LogP contribution in [0, 0.1) is 11.8 Å². The molecule has 9 heteroatoms. The van der Waals surface area contributed by atoms with Gasteiger partial charge in [-0.15, -0.1) is 10.2 Å². The summed E-state index contributed by atoms with van der Waals surface area (Å²) in [6, 6.07) is 7.21. The van der Waals surface area contributed by atoms with Crippen LogP contribution in [0.3, 0.4) is 0 Å². The summed E-state index contributed by atoms with van der Waals surface area (Å²) in [6.07, 6.45) is 2.57.